The minimum atomic E-state index is -5.20. The third kappa shape index (κ3) is 7.52. The SMILES string of the molecule is O=C(O)c1ccc(OCCOc2ccc(NS(=O)(=O)c3cc(C(F)(F)F)cc(C(F)(F)F)c3)cc2)cc1. The molecule has 0 fully saturated rings. The third-order valence-corrected chi connectivity index (χ3v) is 6.06. The van der Waals surface area contributed by atoms with Gasteiger partial charge in [0.2, 0.25) is 0 Å². The van der Waals surface area contributed by atoms with Gasteiger partial charge in [0.05, 0.1) is 21.6 Å². The molecule has 0 aromatic heterocycles. The summed E-state index contributed by atoms with van der Waals surface area (Å²) in [6.07, 6.45) is -10.4. The number of sulfonamides is 1. The van der Waals surface area contributed by atoms with Gasteiger partial charge in [-0.1, -0.05) is 0 Å². The quantitative estimate of drug-likeness (QED) is 0.263. The smallest absolute Gasteiger partial charge is 0.416 e. The first-order valence-corrected chi connectivity index (χ1v) is 11.6. The maximum absolute atomic E-state index is 13.0. The van der Waals surface area contributed by atoms with Crippen molar-refractivity contribution < 1.29 is 54.1 Å². The van der Waals surface area contributed by atoms with Crippen molar-refractivity contribution in [2.24, 2.45) is 0 Å². The number of hydrogen-bond donors (Lipinski definition) is 2. The van der Waals surface area contributed by atoms with Crippen molar-refractivity contribution >= 4 is 21.7 Å². The molecule has 0 aliphatic carbocycles. The van der Waals surface area contributed by atoms with Gasteiger partial charge >= 0.3 is 18.3 Å². The molecule has 0 unspecified atom stereocenters. The fourth-order valence-electron chi connectivity index (χ4n) is 2.93. The monoisotopic (exact) mass is 549 g/mol. The number of alkyl halides is 6. The van der Waals surface area contributed by atoms with Crippen molar-refractivity contribution in [2.45, 2.75) is 17.2 Å². The van der Waals surface area contributed by atoms with E-state index < -0.39 is 44.4 Å². The normalized spacial score (nSPS) is 12.2. The van der Waals surface area contributed by atoms with Crippen molar-refractivity contribution in [3.63, 3.8) is 0 Å². The van der Waals surface area contributed by atoms with Crippen LogP contribution in [0.3, 0.4) is 0 Å². The molecule has 0 aliphatic rings. The molecular weight excluding hydrogens is 532 g/mol. The number of halogens is 6. The van der Waals surface area contributed by atoms with E-state index in [0.29, 0.717) is 5.75 Å². The summed E-state index contributed by atoms with van der Waals surface area (Å²) < 4.78 is 116. The van der Waals surface area contributed by atoms with Crippen molar-refractivity contribution in [3.05, 3.63) is 83.4 Å². The van der Waals surface area contributed by atoms with Gasteiger partial charge in [0.1, 0.15) is 24.7 Å². The van der Waals surface area contributed by atoms with Crippen molar-refractivity contribution in [3.8, 4) is 11.5 Å². The van der Waals surface area contributed by atoms with Gasteiger partial charge in [0.25, 0.3) is 10.0 Å². The van der Waals surface area contributed by atoms with Gasteiger partial charge in [-0.25, -0.2) is 13.2 Å². The van der Waals surface area contributed by atoms with Crippen molar-refractivity contribution in [1.29, 1.82) is 0 Å². The highest BCUT2D eigenvalue weighted by atomic mass is 32.2. The number of carboxylic acids is 1. The molecule has 0 atom stereocenters. The largest absolute Gasteiger partial charge is 0.490 e. The number of nitrogens with one attached hydrogen (secondary N) is 1. The summed E-state index contributed by atoms with van der Waals surface area (Å²) in [5.74, 6) is -0.408. The molecule has 3 aromatic carbocycles. The Morgan fingerprint density at radius 3 is 1.59 bits per heavy atom. The lowest BCUT2D eigenvalue weighted by Gasteiger charge is -2.15. The second-order valence-corrected chi connectivity index (χ2v) is 9.08. The van der Waals surface area contributed by atoms with Crippen molar-refractivity contribution in [1.82, 2.24) is 0 Å². The van der Waals surface area contributed by atoms with Crippen LogP contribution in [0.5, 0.6) is 11.5 Å². The predicted molar refractivity (Wildman–Crippen MR) is 118 cm³/mol. The lowest BCUT2D eigenvalue weighted by molar-refractivity contribution is -0.143. The topological polar surface area (TPSA) is 102 Å². The van der Waals surface area contributed by atoms with Gasteiger partial charge in [0, 0.05) is 5.69 Å². The predicted octanol–water partition coefficient (Wildman–Crippen LogP) is 5.68. The molecule has 0 saturated heterocycles. The van der Waals surface area contributed by atoms with Gasteiger partial charge in [0.15, 0.2) is 0 Å². The summed E-state index contributed by atoms with van der Waals surface area (Å²) >= 11 is 0. The fraction of sp³-hybridized carbons (Fsp3) is 0.174. The van der Waals surface area contributed by atoms with Crippen LogP contribution < -0.4 is 14.2 Å². The second kappa shape index (κ2) is 10.6. The van der Waals surface area contributed by atoms with E-state index >= 15 is 0 Å². The van der Waals surface area contributed by atoms with Gasteiger partial charge in [-0.15, -0.1) is 0 Å². The van der Waals surface area contributed by atoms with Crippen LogP contribution >= 0.6 is 0 Å². The summed E-state index contributed by atoms with van der Waals surface area (Å²) in [4.78, 5) is 9.62. The first-order chi connectivity index (χ1) is 17.1. The highest BCUT2D eigenvalue weighted by Crippen LogP contribution is 2.37. The van der Waals surface area contributed by atoms with E-state index in [9.17, 15) is 39.6 Å². The highest BCUT2D eigenvalue weighted by molar-refractivity contribution is 7.92. The molecule has 0 aliphatic heterocycles. The molecule has 0 radical (unpaired) electrons. The van der Waals surface area contributed by atoms with Crippen LogP contribution in [-0.2, 0) is 22.4 Å². The first kappa shape index (κ1) is 27.6. The van der Waals surface area contributed by atoms with E-state index in [-0.39, 0.29) is 48.4 Å². The Kier molecular flexibility index (Phi) is 7.91. The molecule has 0 saturated carbocycles. The molecule has 0 amide bonds. The number of aromatic carboxylic acids is 1. The van der Waals surface area contributed by atoms with E-state index in [0.717, 1.165) is 0 Å². The number of anilines is 1. The number of hydrogen-bond acceptors (Lipinski definition) is 5. The number of ether oxygens (including phenoxy) is 2. The lowest BCUT2D eigenvalue weighted by atomic mass is 10.1. The zero-order chi connectivity index (χ0) is 27.4. The molecule has 0 bridgehead atoms. The minimum Gasteiger partial charge on any atom is -0.490 e. The third-order valence-electron chi connectivity index (χ3n) is 4.70. The molecular formula is C23H17F6NO6S. The number of benzene rings is 3. The number of carboxylic acid groups (broad SMARTS) is 1. The molecule has 0 spiro atoms. The van der Waals surface area contributed by atoms with Gasteiger partial charge in [-0.05, 0) is 66.7 Å². The highest BCUT2D eigenvalue weighted by Gasteiger charge is 2.38. The zero-order valence-corrected chi connectivity index (χ0v) is 19.2. The molecule has 0 heterocycles. The summed E-state index contributed by atoms with van der Waals surface area (Å²) in [6, 6.07) is 10.8. The van der Waals surface area contributed by atoms with Crippen LogP contribution in [0, 0.1) is 0 Å². The Labute approximate surface area is 206 Å². The first-order valence-electron chi connectivity index (χ1n) is 10.2. The minimum absolute atomic E-state index is 0.0518. The molecule has 198 valence electrons. The van der Waals surface area contributed by atoms with Crippen LogP contribution in [0.25, 0.3) is 0 Å². The number of carbonyl (C=O) groups is 1. The second-order valence-electron chi connectivity index (χ2n) is 7.40. The van der Waals surface area contributed by atoms with E-state index in [1.54, 1.807) is 0 Å². The van der Waals surface area contributed by atoms with E-state index in [2.05, 4.69) is 0 Å². The molecule has 3 aromatic rings. The van der Waals surface area contributed by atoms with Crippen LogP contribution in [0.2, 0.25) is 0 Å². The standard InChI is InChI=1S/C23H17F6NO6S/c24-22(25,26)15-11-16(23(27,28)29)13-20(12-15)37(33,34)30-17-3-7-19(8-4-17)36-10-9-35-18-5-1-14(2-6-18)21(31)32/h1-8,11-13,30H,9-10H2,(H,31,32). The summed E-state index contributed by atoms with van der Waals surface area (Å²) in [5.41, 5.74) is -3.56. The summed E-state index contributed by atoms with van der Waals surface area (Å²) in [6.45, 7) is 0.133. The van der Waals surface area contributed by atoms with Gasteiger partial charge in [-0.2, -0.15) is 26.3 Å². The van der Waals surface area contributed by atoms with Crippen LogP contribution in [-0.4, -0.2) is 32.7 Å². The zero-order valence-electron chi connectivity index (χ0n) is 18.4. The summed E-state index contributed by atoms with van der Waals surface area (Å²) in [5, 5.41) is 8.86. The Balaban J connectivity index is 1.63. The maximum Gasteiger partial charge on any atom is 0.416 e. The van der Waals surface area contributed by atoms with Crippen LogP contribution in [0.1, 0.15) is 21.5 Å². The Morgan fingerprint density at radius 2 is 1.19 bits per heavy atom. The molecule has 7 nitrogen and oxygen atoms in total. The summed E-state index contributed by atoms with van der Waals surface area (Å²) in [7, 11) is -4.80. The molecule has 3 rings (SSSR count). The van der Waals surface area contributed by atoms with Crippen molar-refractivity contribution in [2.75, 3.05) is 17.9 Å². The Bertz CT molecular complexity index is 1320. The lowest BCUT2D eigenvalue weighted by Crippen LogP contribution is -2.17. The Hall–Kier alpha value is -3.94. The average molecular weight is 549 g/mol. The van der Waals surface area contributed by atoms with Gasteiger partial charge < -0.3 is 14.6 Å². The molecule has 2 N–H and O–H groups in total. The fourth-order valence-corrected chi connectivity index (χ4v) is 4.06. The molecule has 14 heteroatoms. The van der Waals surface area contributed by atoms with E-state index in [4.69, 9.17) is 14.6 Å². The molecule has 37 heavy (non-hydrogen) atoms. The maximum atomic E-state index is 13.0. The van der Waals surface area contributed by atoms with Gasteiger partial charge in [-0.3, -0.25) is 4.72 Å². The average Bonchev–Trinajstić information content (AvgIpc) is 2.81. The Morgan fingerprint density at radius 1 is 0.757 bits per heavy atom. The van der Waals surface area contributed by atoms with Crippen LogP contribution in [0.15, 0.2) is 71.6 Å². The number of rotatable bonds is 9. The van der Waals surface area contributed by atoms with Crippen LogP contribution in [0.4, 0.5) is 32.0 Å². The van der Waals surface area contributed by atoms with E-state index in [1.807, 2.05) is 4.72 Å². The van der Waals surface area contributed by atoms with E-state index in [1.165, 1.54) is 48.5 Å².